The second kappa shape index (κ2) is 13.7. The van der Waals surface area contributed by atoms with E-state index in [4.69, 9.17) is 0 Å². The molecule has 4 aromatic carbocycles. The summed E-state index contributed by atoms with van der Waals surface area (Å²) in [7, 11) is -2.02. The van der Waals surface area contributed by atoms with Crippen molar-refractivity contribution in [3.63, 3.8) is 0 Å². The van der Waals surface area contributed by atoms with Crippen LogP contribution in [0.4, 0.5) is 0 Å². The fraction of sp³-hybridized carbons (Fsp3) is 0.417. The summed E-state index contributed by atoms with van der Waals surface area (Å²) >= 11 is 0. The molecule has 2 aliphatic rings. The molecule has 2 aliphatic carbocycles. The third-order valence-electron chi connectivity index (χ3n) is 11.6. The highest BCUT2D eigenvalue weighted by Crippen LogP contribution is 2.56. The van der Waals surface area contributed by atoms with Crippen LogP contribution in [0.3, 0.4) is 0 Å². The topological polar surface area (TPSA) is 0 Å². The predicted octanol–water partition coefficient (Wildman–Crippen LogP) is 14.4. The summed E-state index contributed by atoms with van der Waals surface area (Å²) in [5.74, 6) is 0. The number of benzene rings is 4. The van der Waals surface area contributed by atoms with Crippen LogP contribution < -0.4 is 0 Å². The number of hydrogen-bond acceptors (Lipinski definition) is 0. The average Bonchev–Trinajstić information content (AvgIpc) is 3.65. The first-order chi connectivity index (χ1) is 23.3. The summed E-state index contributed by atoms with van der Waals surface area (Å²) in [4.78, 5) is 0. The predicted molar refractivity (Wildman–Crippen MR) is 219 cm³/mol. The minimum atomic E-state index is -2.02. The second-order valence-electron chi connectivity index (χ2n) is 17.6. The van der Waals surface area contributed by atoms with Crippen molar-refractivity contribution in [1.29, 1.82) is 0 Å². The Morgan fingerprint density at radius 2 is 0.878 bits per heavy atom. The molecule has 0 spiro atoms. The number of fused-ring (bicyclic) bond motifs is 2. The van der Waals surface area contributed by atoms with Gasteiger partial charge in [-0.05, 0) is 92.1 Å². The molecule has 0 bridgehead atoms. The molecule has 256 valence electrons. The van der Waals surface area contributed by atoms with E-state index in [2.05, 4.69) is 166 Å². The Bertz CT molecular complexity index is 1710. The van der Waals surface area contributed by atoms with E-state index in [1.54, 1.807) is 22.3 Å². The second-order valence-corrected chi connectivity index (χ2v) is 22.4. The zero-order valence-electron chi connectivity index (χ0n) is 32.1. The molecule has 0 heterocycles. The van der Waals surface area contributed by atoms with E-state index in [0.29, 0.717) is 11.1 Å². The van der Waals surface area contributed by atoms with Crippen LogP contribution in [0.1, 0.15) is 138 Å². The molecule has 49 heavy (non-hydrogen) atoms. The van der Waals surface area contributed by atoms with Crippen molar-refractivity contribution in [3.05, 3.63) is 129 Å². The van der Waals surface area contributed by atoms with E-state index < -0.39 is 8.07 Å². The molecule has 0 aliphatic heterocycles. The summed E-state index contributed by atoms with van der Waals surface area (Å²) in [6, 6.07) is 33.2. The molecule has 0 radical (unpaired) electrons. The third kappa shape index (κ3) is 6.85. The van der Waals surface area contributed by atoms with Crippen LogP contribution in [0.2, 0.25) is 13.1 Å². The molecule has 4 aromatic rings. The molecule has 0 saturated carbocycles. The van der Waals surface area contributed by atoms with E-state index in [0.717, 1.165) is 0 Å². The number of hydrogen-bond donors (Lipinski definition) is 0. The van der Waals surface area contributed by atoms with Gasteiger partial charge in [-0.1, -0.05) is 190 Å². The fourth-order valence-electron chi connectivity index (χ4n) is 8.85. The van der Waals surface area contributed by atoms with Crippen molar-refractivity contribution in [3.8, 4) is 22.3 Å². The van der Waals surface area contributed by atoms with E-state index in [1.165, 1.54) is 83.0 Å². The lowest BCUT2D eigenvalue weighted by atomic mass is 9.86. The van der Waals surface area contributed by atoms with E-state index in [-0.39, 0.29) is 10.8 Å². The number of allylic oxidation sites excluding steroid dienone is 2. The van der Waals surface area contributed by atoms with Crippen molar-refractivity contribution in [2.75, 3.05) is 0 Å². The van der Waals surface area contributed by atoms with Gasteiger partial charge in [0, 0.05) is 11.1 Å². The van der Waals surface area contributed by atoms with Crippen molar-refractivity contribution in [2.24, 2.45) is 0 Å². The highest BCUT2D eigenvalue weighted by molar-refractivity contribution is 6.81. The first-order valence-corrected chi connectivity index (χ1v) is 22.3. The summed E-state index contributed by atoms with van der Waals surface area (Å²) in [6.45, 7) is 24.0. The van der Waals surface area contributed by atoms with E-state index in [9.17, 15) is 0 Å². The maximum atomic E-state index is 2.72. The zero-order valence-corrected chi connectivity index (χ0v) is 33.1. The number of rotatable bonds is 10. The summed E-state index contributed by atoms with van der Waals surface area (Å²) in [6.07, 6.45) is 12.6. The SMILES string of the molecule is CCCCC1=Cc2c(-c3ccc(C(C)(C)C)cc3)cccc2C1[Si](C)(C)C1C(CCCC)=Cc2c(-c3ccc(C(C)(C)C)cc3)cccc21. The Balaban J connectivity index is 1.45. The molecule has 0 saturated heterocycles. The van der Waals surface area contributed by atoms with Gasteiger partial charge in [0.25, 0.3) is 0 Å². The minimum absolute atomic E-state index is 0.154. The van der Waals surface area contributed by atoms with Gasteiger partial charge in [-0.25, -0.2) is 0 Å². The highest BCUT2D eigenvalue weighted by Gasteiger charge is 2.48. The van der Waals surface area contributed by atoms with Gasteiger partial charge in [0.2, 0.25) is 0 Å². The van der Waals surface area contributed by atoms with Crippen LogP contribution in [-0.4, -0.2) is 8.07 Å². The molecule has 6 rings (SSSR count). The lowest BCUT2D eigenvalue weighted by Crippen LogP contribution is -2.43. The Morgan fingerprint density at radius 1 is 0.510 bits per heavy atom. The zero-order chi connectivity index (χ0) is 35.1. The van der Waals surface area contributed by atoms with Crippen molar-refractivity contribution in [2.45, 2.75) is 129 Å². The monoisotopic (exact) mass is 664 g/mol. The Morgan fingerprint density at radius 3 is 1.20 bits per heavy atom. The van der Waals surface area contributed by atoms with E-state index in [1.807, 2.05) is 0 Å². The molecule has 2 atom stereocenters. The summed E-state index contributed by atoms with van der Waals surface area (Å²) < 4.78 is 0. The largest absolute Gasteiger partial charge is 0.0722 e. The standard InChI is InChI=1S/C48H60Si/c1-11-13-17-35-31-43-39(33-23-27-37(28-24-33)47(3,4)5)19-15-21-41(43)45(35)49(9,10)46-36(18-14-12-2)32-44-40(20-16-22-42(44)46)34-25-29-38(30-26-34)48(6,7)8/h15-16,19-32,45-46H,11-14,17-18H2,1-10H3. The van der Waals surface area contributed by atoms with Crippen molar-refractivity contribution >= 4 is 20.2 Å². The molecular weight excluding hydrogens is 605 g/mol. The van der Waals surface area contributed by atoms with Gasteiger partial charge in [0.05, 0.1) is 8.07 Å². The molecule has 0 aromatic heterocycles. The van der Waals surface area contributed by atoms with Gasteiger partial charge in [-0.15, -0.1) is 0 Å². The van der Waals surface area contributed by atoms with E-state index >= 15 is 0 Å². The van der Waals surface area contributed by atoms with Gasteiger partial charge in [0.15, 0.2) is 0 Å². The maximum absolute atomic E-state index is 2.72. The molecular formula is C48H60Si. The highest BCUT2D eigenvalue weighted by atomic mass is 28.3. The maximum Gasteiger partial charge on any atom is 0.0722 e. The van der Waals surface area contributed by atoms with Crippen LogP contribution >= 0.6 is 0 Å². The van der Waals surface area contributed by atoms with Gasteiger partial charge < -0.3 is 0 Å². The van der Waals surface area contributed by atoms with Gasteiger partial charge in [-0.3, -0.25) is 0 Å². The molecule has 0 N–H and O–H groups in total. The van der Waals surface area contributed by atoms with Crippen molar-refractivity contribution in [1.82, 2.24) is 0 Å². The normalized spacial score (nSPS) is 17.5. The Labute approximate surface area is 299 Å². The minimum Gasteiger partial charge on any atom is -0.0679 e. The number of unbranched alkanes of at least 4 members (excludes halogenated alkanes) is 2. The fourth-order valence-corrected chi connectivity index (χ4v) is 13.7. The summed E-state index contributed by atoms with van der Waals surface area (Å²) in [5.41, 5.74) is 19.1. The summed E-state index contributed by atoms with van der Waals surface area (Å²) in [5, 5.41) is 0. The van der Waals surface area contributed by atoms with Crippen molar-refractivity contribution < 1.29 is 0 Å². The van der Waals surface area contributed by atoms with Crippen LogP contribution in [0.5, 0.6) is 0 Å². The molecule has 0 nitrogen and oxygen atoms in total. The van der Waals surface area contributed by atoms with Crippen LogP contribution in [-0.2, 0) is 10.8 Å². The molecule has 2 unspecified atom stereocenters. The molecule has 0 fully saturated rings. The Hall–Kier alpha value is -3.42. The lowest BCUT2D eigenvalue weighted by molar-refractivity contribution is 0.590. The molecule has 0 amide bonds. The van der Waals surface area contributed by atoms with Crippen LogP contribution in [0, 0.1) is 0 Å². The first-order valence-electron chi connectivity index (χ1n) is 19.1. The van der Waals surface area contributed by atoms with Gasteiger partial charge >= 0.3 is 0 Å². The van der Waals surface area contributed by atoms with Crippen LogP contribution in [0.25, 0.3) is 34.4 Å². The average molecular weight is 665 g/mol. The smallest absolute Gasteiger partial charge is 0.0679 e. The molecule has 1 heteroatoms. The first kappa shape index (κ1) is 35.4. The quantitative estimate of drug-likeness (QED) is 0.148. The van der Waals surface area contributed by atoms with Gasteiger partial charge in [0.1, 0.15) is 0 Å². The lowest BCUT2D eigenvalue weighted by Gasteiger charge is -2.40. The van der Waals surface area contributed by atoms with Gasteiger partial charge in [-0.2, -0.15) is 0 Å². The van der Waals surface area contributed by atoms with Crippen LogP contribution in [0.15, 0.2) is 96.1 Å². The third-order valence-corrected chi connectivity index (χ3v) is 15.9. The Kier molecular flexibility index (Phi) is 9.91.